The van der Waals surface area contributed by atoms with E-state index in [1.54, 1.807) is 42.5 Å². The Bertz CT molecular complexity index is 1360. The molecule has 0 atom stereocenters. The number of fused-ring (bicyclic) bond motifs is 1. The number of para-hydroxylation sites is 2. The smallest absolute Gasteiger partial charge is 0.273 e. The average Bonchev–Trinajstić information content (AvgIpc) is 2.82. The van der Waals surface area contributed by atoms with Gasteiger partial charge in [0.25, 0.3) is 11.8 Å². The number of primary amides is 1. The zero-order valence-corrected chi connectivity index (χ0v) is 17.2. The Kier molecular flexibility index (Phi) is 5.85. The van der Waals surface area contributed by atoms with Gasteiger partial charge in [0.15, 0.2) is 0 Å². The molecule has 0 saturated heterocycles. The molecule has 0 saturated carbocycles. The van der Waals surface area contributed by atoms with Crippen molar-refractivity contribution in [2.45, 2.75) is 0 Å². The number of ether oxygens (including phenoxy) is 1. The first kappa shape index (κ1) is 20.7. The lowest BCUT2D eigenvalue weighted by molar-refractivity contribution is 0.0947. The van der Waals surface area contributed by atoms with Gasteiger partial charge in [0.1, 0.15) is 16.9 Å². The molecule has 0 fully saturated rings. The van der Waals surface area contributed by atoms with E-state index in [9.17, 15) is 9.59 Å². The molecule has 4 rings (SSSR count). The summed E-state index contributed by atoms with van der Waals surface area (Å²) in [6.45, 7) is 0. The zero-order valence-electron chi connectivity index (χ0n) is 17.2. The molecule has 4 aromatic rings. The van der Waals surface area contributed by atoms with Crippen molar-refractivity contribution in [3.63, 3.8) is 0 Å². The van der Waals surface area contributed by atoms with Crippen LogP contribution in [0.15, 0.2) is 88.4 Å². The summed E-state index contributed by atoms with van der Waals surface area (Å²) in [4.78, 5) is 24.8. The first-order valence-electron chi connectivity index (χ1n) is 9.72. The molecule has 32 heavy (non-hydrogen) atoms. The highest BCUT2D eigenvalue weighted by atomic mass is 16.5. The third kappa shape index (κ3) is 4.44. The fourth-order valence-corrected chi connectivity index (χ4v) is 3.12. The van der Waals surface area contributed by atoms with Crippen molar-refractivity contribution in [2.24, 2.45) is 10.8 Å². The number of rotatable bonds is 6. The monoisotopic (exact) mass is 428 g/mol. The number of nitrogens with zero attached hydrogens (tertiary/aromatic N) is 1. The van der Waals surface area contributed by atoms with Gasteiger partial charge in [-0.2, -0.15) is 0 Å². The normalized spacial score (nSPS) is 11.2. The van der Waals surface area contributed by atoms with Gasteiger partial charge in [-0.15, -0.1) is 5.10 Å². The molecule has 160 valence electrons. The molecule has 0 bridgehead atoms. The molecule has 0 spiro atoms. The molecule has 4 N–H and O–H groups in total. The van der Waals surface area contributed by atoms with Crippen molar-refractivity contribution in [2.75, 3.05) is 12.4 Å². The SMILES string of the molecule is COc1ccc2oc(=NNC(=O)c3ccccc3Nc3ccccc3)c(C(N)=O)cc2c1. The molecule has 8 heteroatoms. The van der Waals surface area contributed by atoms with Crippen molar-refractivity contribution in [1.29, 1.82) is 0 Å². The van der Waals surface area contributed by atoms with Gasteiger partial charge < -0.3 is 20.2 Å². The van der Waals surface area contributed by atoms with E-state index in [1.165, 1.54) is 7.11 Å². The lowest BCUT2D eigenvalue weighted by atomic mass is 10.1. The molecular weight excluding hydrogens is 408 g/mol. The van der Waals surface area contributed by atoms with E-state index in [2.05, 4.69) is 15.8 Å². The number of carbonyl (C=O) groups excluding carboxylic acids is 2. The number of amides is 2. The minimum Gasteiger partial charge on any atom is -0.497 e. The van der Waals surface area contributed by atoms with Crippen LogP contribution in [-0.2, 0) is 0 Å². The van der Waals surface area contributed by atoms with Gasteiger partial charge in [0.2, 0.25) is 5.55 Å². The van der Waals surface area contributed by atoms with Crippen LogP contribution in [0.3, 0.4) is 0 Å². The van der Waals surface area contributed by atoms with Crippen LogP contribution in [0.4, 0.5) is 11.4 Å². The molecular formula is C24H20N4O4. The average molecular weight is 428 g/mol. The van der Waals surface area contributed by atoms with Crippen molar-refractivity contribution >= 4 is 34.2 Å². The van der Waals surface area contributed by atoms with Crippen LogP contribution in [0.1, 0.15) is 20.7 Å². The summed E-state index contributed by atoms with van der Waals surface area (Å²) in [7, 11) is 1.54. The van der Waals surface area contributed by atoms with Gasteiger partial charge in [-0.3, -0.25) is 9.59 Å². The van der Waals surface area contributed by atoms with E-state index in [0.29, 0.717) is 28.0 Å². The highest BCUT2D eigenvalue weighted by Gasteiger charge is 2.13. The summed E-state index contributed by atoms with van der Waals surface area (Å²) >= 11 is 0. The summed E-state index contributed by atoms with van der Waals surface area (Å²) in [6, 6.07) is 23.1. The van der Waals surface area contributed by atoms with E-state index >= 15 is 0 Å². The fraction of sp³-hybridized carbons (Fsp3) is 0.0417. The van der Waals surface area contributed by atoms with Gasteiger partial charge in [-0.05, 0) is 48.5 Å². The predicted molar refractivity (Wildman–Crippen MR) is 120 cm³/mol. The molecule has 0 aliphatic rings. The fourth-order valence-electron chi connectivity index (χ4n) is 3.12. The maximum atomic E-state index is 12.8. The molecule has 0 aliphatic heterocycles. The van der Waals surface area contributed by atoms with Crippen LogP contribution in [-0.4, -0.2) is 18.9 Å². The minimum absolute atomic E-state index is 0.0294. The second-order valence-electron chi connectivity index (χ2n) is 6.82. The van der Waals surface area contributed by atoms with Crippen molar-refractivity contribution in [3.8, 4) is 5.75 Å². The molecule has 3 aromatic carbocycles. The number of anilines is 2. The number of hydrogen-bond donors (Lipinski definition) is 3. The maximum Gasteiger partial charge on any atom is 0.273 e. The van der Waals surface area contributed by atoms with Gasteiger partial charge in [0.05, 0.1) is 18.4 Å². The summed E-state index contributed by atoms with van der Waals surface area (Å²) in [5.74, 6) is -0.620. The van der Waals surface area contributed by atoms with E-state index in [1.807, 2.05) is 36.4 Å². The maximum absolute atomic E-state index is 12.8. The Morgan fingerprint density at radius 1 is 0.938 bits per heavy atom. The topological polar surface area (TPSA) is 119 Å². The van der Waals surface area contributed by atoms with Crippen molar-refractivity contribution in [1.82, 2.24) is 5.43 Å². The number of hydrogen-bond acceptors (Lipinski definition) is 6. The number of nitrogens with one attached hydrogen (secondary N) is 2. The van der Waals surface area contributed by atoms with Crippen LogP contribution in [0.25, 0.3) is 11.0 Å². The summed E-state index contributed by atoms with van der Waals surface area (Å²) < 4.78 is 10.9. The Hall–Kier alpha value is -4.59. The van der Waals surface area contributed by atoms with E-state index in [-0.39, 0.29) is 11.1 Å². The molecule has 0 radical (unpaired) electrons. The minimum atomic E-state index is -0.738. The Morgan fingerprint density at radius 3 is 2.44 bits per heavy atom. The van der Waals surface area contributed by atoms with E-state index in [0.717, 1.165) is 5.69 Å². The van der Waals surface area contributed by atoms with Crippen LogP contribution < -0.4 is 26.8 Å². The number of methoxy groups -OCH3 is 1. The summed E-state index contributed by atoms with van der Waals surface area (Å²) in [5, 5.41) is 7.83. The Morgan fingerprint density at radius 2 is 1.69 bits per heavy atom. The largest absolute Gasteiger partial charge is 0.497 e. The first-order valence-corrected chi connectivity index (χ1v) is 9.72. The third-order valence-electron chi connectivity index (χ3n) is 4.70. The second-order valence-corrected chi connectivity index (χ2v) is 6.82. The quantitative estimate of drug-likeness (QED) is 0.406. The third-order valence-corrected chi connectivity index (χ3v) is 4.70. The van der Waals surface area contributed by atoms with Crippen LogP contribution in [0.5, 0.6) is 5.75 Å². The highest BCUT2D eigenvalue weighted by Crippen LogP contribution is 2.21. The van der Waals surface area contributed by atoms with Crippen molar-refractivity contribution in [3.05, 3.63) is 95.5 Å². The number of carbonyl (C=O) groups is 2. The van der Waals surface area contributed by atoms with Crippen LogP contribution in [0.2, 0.25) is 0 Å². The molecule has 1 heterocycles. The second kappa shape index (κ2) is 9.05. The summed E-state index contributed by atoms with van der Waals surface area (Å²) in [6.07, 6.45) is 0. The Balaban J connectivity index is 1.67. The Labute approximate surface area is 183 Å². The molecule has 0 aliphatic carbocycles. The summed E-state index contributed by atoms with van der Waals surface area (Å²) in [5.41, 5.74) is 10.1. The van der Waals surface area contributed by atoms with Gasteiger partial charge in [0, 0.05) is 11.1 Å². The van der Waals surface area contributed by atoms with Gasteiger partial charge in [-0.1, -0.05) is 30.3 Å². The van der Waals surface area contributed by atoms with E-state index < -0.39 is 11.8 Å². The first-order chi connectivity index (χ1) is 15.5. The molecule has 8 nitrogen and oxygen atoms in total. The lowest BCUT2D eigenvalue weighted by Gasteiger charge is -2.11. The predicted octanol–water partition coefficient (Wildman–Crippen LogP) is 3.53. The van der Waals surface area contributed by atoms with E-state index in [4.69, 9.17) is 14.9 Å². The zero-order chi connectivity index (χ0) is 22.5. The molecule has 1 aromatic heterocycles. The lowest BCUT2D eigenvalue weighted by Crippen LogP contribution is -2.27. The standard InChI is InChI=1S/C24H20N4O4/c1-31-17-11-12-21-15(13-17)14-19(22(25)29)24(32-21)28-27-23(30)18-9-5-6-10-20(18)26-16-7-3-2-4-8-16/h2-14,26H,1H3,(H2,25,29)(H,27,30). The molecule has 0 unspecified atom stereocenters. The van der Waals surface area contributed by atoms with Gasteiger partial charge >= 0.3 is 0 Å². The van der Waals surface area contributed by atoms with Crippen LogP contribution >= 0.6 is 0 Å². The number of benzene rings is 3. The van der Waals surface area contributed by atoms with Gasteiger partial charge in [-0.25, -0.2) is 5.43 Å². The van der Waals surface area contributed by atoms with Crippen LogP contribution in [0, 0.1) is 0 Å². The molecule has 2 amide bonds. The van der Waals surface area contributed by atoms with Crippen molar-refractivity contribution < 1.29 is 18.7 Å². The number of nitrogens with two attached hydrogens (primary N) is 1. The highest BCUT2D eigenvalue weighted by molar-refractivity contribution is 6.00.